The number of benzene rings is 1. The highest BCUT2D eigenvalue weighted by Gasteiger charge is 2.10. The molecule has 0 saturated heterocycles. The molecule has 2 rings (SSSR count). The van der Waals surface area contributed by atoms with Crippen LogP contribution in [-0.2, 0) is 0 Å². The quantitative estimate of drug-likeness (QED) is 0.631. The van der Waals surface area contributed by atoms with Crippen LogP contribution in [0, 0.1) is 0 Å². The van der Waals surface area contributed by atoms with Crippen LogP contribution in [-0.4, -0.2) is 0 Å². The van der Waals surface area contributed by atoms with E-state index in [1.807, 2.05) is 17.5 Å². The van der Waals surface area contributed by atoms with E-state index < -0.39 is 6.43 Å². The highest BCUT2D eigenvalue weighted by molar-refractivity contribution is 7.17. The van der Waals surface area contributed by atoms with Crippen LogP contribution < -0.4 is 0 Å². The van der Waals surface area contributed by atoms with Gasteiger partial charge in [0, 0.05) is 10.3 Å². The molecule has 62 valence electrons. The Morgan fingerprint density at radius 3 is 2.75 bits per heavy atom. The Morgan fingerprint density at radius 1 is 1.17 bits per heavy atom. The third-order valence-electron chi connectivity index (χ3n) is 1.74. The summed E-state index contributed by atoms with van der Waals surface area (Å²) >= 11 is 1.36. The van der Waals surface area contributed by atoms with Crippen molar-refractivity contribution in [3.8, 4) is 0 Å². The molecule has 1 heterocycles. The van der Waals surface area contributed by atoms with Crippen molar-refractivity contribution in [3.63, 3.8) is 0 Å². The van der Waals surface area contributed by atoms with Crippen molar-refractivity contribution in [1.82, 2.24) is 0 Å². The Labute approximate surface area is 72.4 Å². The molecule has 0 unspecified atom stereocenters. The lowest BCUT2D eigenvalue weighted by atomic mass is 10.2. The highest BCUT2D eigenvalue weighted by Crippen LogP contribution is 2.31. The van der Waals surface area contributed by atoms with Crippen LogP contribution in [0.1, 0.15) is 12.0 Å². The van der Waals surface area contributed by atoms with E-state index in [4.69, 9.17) is 0 Å². The average Bonchev–Trinajstić information content (AvgIpc) is 2.49. The van der Waals surface area contributed by atoms with Crippen LogP contribution in [0.15, 0.2) is 29.6 Å². The van der Waals surface area contributed by atoms with Crippen molar-refractivity contribution in [3.05, 3.63) is 35.2 Å². The summed E-state index contributed by atoms with van der Waals surface area (Å²) in [7, 11) is 0. The maximum atomic E-state index is 12.4. The molecular formula is C9H6F2S. The molecule has 3 heteroatoms. The zero-order valence-corrected chi connectivity index (χ0v) is 6.94. The number of thiophene rings is 1. The van der Waals surface area contributed by atoms with E-state index in [9.17, 15) is 8.78 Å². The van der Waals surface area contributed by atoms with Gasteiger partial charge in [0.15, 0.2) is 0 Å². The molecule has 0 aliphatic heterocycles. The zero-order chi connectivity index (χ0) is 8.55. The van der Waals surface area contributed by atoms with Gasteiger partial charge in [-0.2, -0.15) is 0 Å². The van der Waals surface area contributed by atoms with E-state index in [0.29, 0.717) is 4.70 Å². The van der Waals surface area contributed by atoms with Gasteiger partial charge in [-0.15, -0.1) is 11.3 Å². The first-order chi connectivity index (χ1) is 5.79. The Morgan fingerprint density at radius 2 is 2.00 bits per heavy atom. The Bertz CT molecular complexity index is 392. The summed E-state index contributed by atoms with van der Waals surface area (Å²) in [5, 5.41) is 2.73. The van der Waals surface area contributed by atoms with Crippen LogP contribution >= 0.6 is 11.3 Å². The highest BCUT2D eigenvalue weighted by atomic mass is 32.1. The van der Waals surface area contributed by atoms with E-state index in [1.165, 1.54) is 17.4 Å². The molecule has 1 aromatic heterocycles. The fraction of sp³-hybridized carbons (Fsp3) is 0.111. The molecule has 0 atom stereocenters. The van der Waals surface area contributed by atoms with Gasteiger partial charge in [0.25, 0.3) is 6.43 Å². The summed E-state index contributed by atoms with van der Waals surface area (Å²) in [4.78, 5) is 0. The summed E-state index contributed by atoms with van der Waals surface area (Å²) in [6.07, 6.45) is -2.37. The fourth-order valence-corrected chi connectivity index (χ4v) is 2.10. The summed E-state index contributed by atoms with van der Waals surface area (Å²) in [5.74, 6) is 0. The van der Waals surface area contributed by atoms with Crippen LogP contribution in [0.25, 0.3) is 10.1 Å². The number of halogens is 2. The van der Waals surface area contributed by atoms with Gasteiger partial charge in [-0.25, -0.2) is 8.78 Å². The first-order valence-electron chi connectivity index (χ1n) is 3.53. The lowest BCUT2D eigenvalue weighted by molar-refractivity contribution is 0.153. The maximum absolute atomic E-state index is 12.4. The van der Waals surface area contributed by atoms with Gasteiger partial charge in [-0.3, -0.25) is 0 Å². The van der Waals surface area contributed by atoms with E-state index in [2.05, 4.69) is 0 Å². The minimum absolute atomic E-state index is 0.141. The van der Waals surface area contributed by atoms with Gasteiger partial charge in [-0.05, 0) is 16.8 Å². The predicted octanol–water partition coefficient (Wildman–Crippen LogP) is 3.84. The van der Waals surface area contributed by atoms with Crippen molar-refractivity contribution in [2.45, 2.75) is 6.43 Å². The largest absolute Gasteiger partial charge is 0.265 e. The zero-order valence-electron chi connectivity index (χ0n) is 6.13. The molecular weight excluding hydrogens is 178 g/mol. The van der Waals surface area contributed by atoms with E-state index in [0.717, 1.165) is 5.39 Å². The van der Waals surface area contributed by atoms with Crippen LogP contribution in [0.2, 0.25) is 0 Å². The monoisotopic (exact) mass is 184 g/mol. The van der Waals surface area contributed by atoms with Crippen molar-refractivity contribution >= 4 is 21.4 Å². The molecule has 2 aromatic rings. The van der Waals surface area contributed by atoms with Crippen molar-refractivity contribution < 1.29 is 8.78 Å². The Hall–Kier alpha value is -0.960. The van der Waals surface area contributed by atoms with Crippen molar-refractivity contribution in [2.75, 3.05) is 0 Å². The molecule has 1 aromatic carbocycles. The molecule has 0 aliphatic rings. The number of hydrogen-bond acceptors (Lipinski definition) is 1. The van der Waals surface area contributed by atoms with Crippen molar-refractivity contribution in [2.24, 2.45) is 0 Å². The third-order valence-corrected chi connectivity index (χ3v) is 2.72. The molecule has 12 heavy (non-hydrogen) atoms. The maximum Gasteiger partial charge on any atom is 0.265 e. The second kappa shape index (κ2) is 2.83. The van der Waals surface area contributed by atoms with Crippen LogP contribution in [0.5, 0.6) is 0 Å². The van der Waals surface area contributed by atoms with Gasteiger partial charge in [0.1, 0.15) is 0 Å². The topological polar surface area (TPSA) is 0 Å². The third kappa shape index (κ3) is 1.10. The minimum Gasteiger partial charge on any atom is -0.205 e. The normalized spacial score (nSPS) is 11.2. The van der Waals surface area contributed by atoms with Gasteiger partial charge in [0.2, 0.25) is 0 Å². The van der Waals surface area contributed by atoms with E-state index >= 15 is 0 Å². The second-order valence-electron chi connectivity index (χ2n) is 2.49. The smallest absolute Gasteiger partial charge is 0.205 e. The first kappa shape index (κ1) is 7.68. The second-order valence-corrected chi connectivity index (χ2v) is 3.40. The van der Waals surface area contributed by atoms with E-state index in [-0.39, 0.29) is 5.56 Å². The molecule has 0 nitrogen and oxygen atoms in total. The van der Waals surface area contributed by atoms with Crippen LogP contribution in [0.4, 0.5) is 8.78 Å². The van der Waals surface area contributed by atoms with Gasteiger partial charge in [-0.1, -0.05) is 18.2 Å². The minimum atomic E-state index is -2.37. The average molecular weight is 184 g/mol. The fourth-order valence-electron chi connectivity index (χ4n) is 1.19. The molecule has 0 spiro atoms. The first-order valence-corrected chi connectivity index (χ1v) is 4.41. The lowest BCUT2D eigenvalue weighted by Gasteiger charge is -1.99. The lowest BCUT2D eigenvalue weighted by Crippen LogP contribution is -1.82. The summed E-state index contributed by atoms with van der Waals surface area (Å²) in [6.45, 7) is 0. The molecule has 0 radical (unpaired) electrons. The SMILES string of the molecule is FC(F)c1cccc2ccsc12. The van der Waals surface area contributed by atoms with Gasteiger partial charge >= 0.3 is 0 Å². The standard InChI is InChI=1S/C9H6F2S/c10-9(11)7-3-1-2-6-4-5-12-8(6)7/h1-5,9H. The van der Waals surface area contributed by atoms with Crippen molar-refractivity contribution in [1.29, 1.82) is 0 Å². The summed E-state index contributed by atoms with van der Waals surface area (Å²) in [5.41, 5.74) is 0.141. The number of alkyl halides is 2. The molecule has 0 N–H and O–H groups in total. The van der Waals surface area contributed by atoms with E-state index in [1.54, 1.807) is 6.07 Å². The predicted molar refractivity (Wildman–Crippen MR) is 46.8 cm³/mol. The number of fused-ring (bicyclic) bond motifs is 1. The number of hydrogen-bond donors (Lipinski definition) is 0. The molecule has 0 amide bonds. The molecule has 0 saturated carbocycles. The Kier molecular flexibility index (Phi) is 1.81. The molecule has 0 aliphatic carbocycles. The molecule has 0 fully saturated rings. The Balaban J connectivity index is 2.73. The summed E-state index contributed by atoms with van der Waals surface area (Å²) < 4.78 is 25.5. The van der Waals surface area contributed by atoms with Crippen LogP contribution in [0.3, 0.4) is 0 Å². The number of rotatable bonds is 1. The van der Waals surface area contributed by atoms with Gasteiger partial charge in [0.05, 0.1) is 0 Å². The van der Waals surface area contributed by atoms with Gasteiger partial charge < -0.3 is 0 Å². The summed E-state index contributed by atoms with van der Waals surface area (Å²) in [6, 6.07) is 6.84. The molecule has 0 bridgehead atoms.